The van der Waals surface area contributed by atoms with Crippen molar-refractivity contribution in [2.45, 2.75) is 43.8 Å². The second kappa shape index (κ2) is 7.51. The molecule has 0 atom stereocenters. The smallest absolute Gasteiger partial charge is 0.460 e. The zero-order valence-corrected chi connectivity index (χ0v) is 16.2. The number of rotatable bonds is 4. The van der Waals surface area contributed by atoms with E-state index >= 15 is 0 Å². The van der Waals surface area contributed by atoms with Crippen LogP contribution in [0.15, 0.2) is 17.1 Å². The minimum Gasteiger partial charge on any atom is -0.493 e. The first kappa shape index (κ1) is 23.5. The molecule has 0 bridgehead atoms. The fourth-order valence-electron chi connectivity index (χ4n) is 2.77. The van der Waals surface area contributed by atoms with Crippen LogP contribution in [-0.4, -0.2) is 49.5 Å². The van der Waals surface area contributed by atoms with Crippen LogP contribution >= 0.6 is 0 Å². The summed E-state index contributed by atoms with van der Waals surface area (Å²) in [4.78, 5) is 15.7. The maximum absolute atomic E-state index is 13.5. The molecule has 2 rings (SSSR count). The van der Waals surface area contributed by atoms with Crippen molar-refractivity contribution in [3.63, 3.8) is 0 Å². The number of nitrogens with one attached hydrogen (secondary N) is 2. The molecule has 2 N–H and O–H groups in total. The summed E-state index contributed by atoms with van der Waals surface area (Å²) >= 11 is 0. The van der Waals surface area contributed by atoms with Crippen molar-refractivity contribution in [2.24, 2.45) is 4.99 Å². The van der Waals surface area contributed by atoms with E-state index in [-0.39, 0.29) is 17.1 Å². The Bertz CT molecular complexity index is 867. The van der Waals surface area contributed by atoms with Crippen molar-refractivity contribution in [3.05, 3.63) is 23.3 Å². The fraction of sp³-hybridized carbons (Fsp3) is 0.529. The van der Waals surface area contributed by atoms with Crippen LogP contribution in [0.4, 0.5) is 30.7 Å². The van der Waals surface area contributed by atoms with Gasteiger partial charge in [0.1, 0.15) is 5.84 Å². The third-order valence-electron chi connectivity index (χ3n) is 4.23. The molecule has 168 valence electrons. The lowest BCUT2D eigenvalue weighted by Gasteiger charge is -2.31. The SMILES string of the molecule is COc1cc2c(cc1OC)C(NNC(=O)C(F)(F)C(F)(F)C(F)(F)F)=NC(C)(C)C2. The first-order valence-electron chi connectivity index (χ1n) is 8.31. The minimum absolute atomic E-state index is 0.214. The number of alkyl halides is 7. The van der Waals surface area contributed by atoms with Gasteiger partial charge in [-0.2, -0.15) is 30.7 Å². The van der Waals surface area contributed by atoms with E-state index in [9.17, 15) is 35.5 Å². The van der Waals surface area contributed by atoms with Gasteiger partial charge < -0.3 is 9.47 Å². The van der Waals surface area contributed by atoms with Crippen LogP contribution in [0, 0.1) is 0 Å². The van der Waals surface area contributed by atoms with E-state index in [2.05, 4.69) is 4.99 Å². The zero-order chi connectivity index (χ0) is 23.1. The van der Waals surface area contributed by atoms with E-state index in [1.54, 1.807) is 19.9 Å². The molecule has 0 saturated carbocycles. The number of aliphatic imine (C=N–C) groups is 1. The average Bonchev–Trinajstić information content (AvgIpc) is 2.62. The Morgan fingerprint density at radius 1 is 1.03 bits per heavy atom. The number of carbonyl (C=O) groups excluding carboxylic acids is 1. The van der Waals surface area contributed by atoms with Crippen molar-refractivity contribution >= 4 is 11.7 Å². The van der Waals surface area contributed by atoms with Gasteiger partial charge in [-0.15, -0.1) is 0 Å². The predicted octanol–water partition coefficient (Wildman–Crippen LogP) is 3.24. The molecule has 0 unspecified atom stereocenters. The largest absolute Gasteiger partial charge is 0.493 e. The molecule has 0 fully saturated rings. The van der Waals surface area contributed by atoms with Crippen LogP contribution in [-0.2, 0) is 11.2 Å². The minimum atomic E-state index is -6.63. The van der Waals surface area contributed by atoms with Gasteiger partial charge in [-0.3, -0.25) is 20.6 Å². The molecule has 0 radical (unpaired) electrons. The number of hydrazine groups is 1. The third-order valence-corrected chi connectivity index (χ3v) is 4.23. The van der Waals surface area contributed by atoms with Gasteiger partial charge in [0.05, 0.1) is 19.8 Å². The highest BCUT2D eigenvalue weighted by molar-refractivity contribution is 6.03. The number of hydrogen-bond donors (Lipinski definition) is 2. The van der Waals surface area contributed by atoms with E-state index in [4.69, 9.17) is 9.47 Å². The molecule has 1 aliphatic heterocycles. The lowest BCUT2D eigenvalue weighted by Crippen LogP contribution is -2.62. The zero-order valence-electron chi connectivity index (χ0n) is 16.2. The molecule has 1 aromatic carbocycles. The quantitative estimate of drug-likeness (QED) is 0.552. The van der Waals surface area contributed by atoms with Gasteiger partial charge in [0.15, 0.2) is 11.5 Å². The number of benzene rings is 1. The number of carbonyl (C=O) groups is 1. The molecule has 1 aliphatic rings. The standard InChI is InChI=1S/C17H18F7N3O3/c1-14(2)7-8-5-10(29-3)11(30-4)6-9(8)12(25-14)26-27-13(28)15(18,19)16(20,21)17(22,23)24/h5-6H,7H2,1-4H3,(H,25,26)(H,27,28). The Morgan fingerprint density at radius 3 is 2.07 bits per heavy atom. The summed E-state index contributed by atoms with van der Waals surface area (Å²) in [6.45, 7) is 3.31. The van der Waals surface area contributed by atoms with Crippen molar-refractivity contribution in [3.8, 4) is 11.5 Å². The van der Waals surface area contributed by atoms with Gasteiger partial charge in [-0.25, -0.2) is 0 Å². The number of fused-ring (bicyclic) bond motifs is 1. The van der Waals surface area contributed by atoms with E-state index in [1.807, 2.05) is 5.43 Å². The maximum atomic E-state index is 13.5. The summed E-state index contributed by atoms with van der Waals surface area (Å²) in [7, 11) is 2.71. The Hall–Kier alpha value is -2.73. The fourth-order valence-corrected chi connectivity index (χ4v) is 2.77. The number of amides is 1. The van der Waals surface area contributed by atoms with E-state index in [0.717, 1.165) is 0 Å². The molecule has 0 aromatic heterocycles. The van der Waals surface area contributed by atoms with Crippen LogP contribution in [0.25, 0.3) is 0 Å². The highest BCUT2D eigenvalue weighted by Gasteiger charge is 2.76. The highest BCUT2D eigenvalue weighted by Crippen LogP contribution is 2.46. The van der Waals surface area contributed by atoms with Crippen molar-refractivity contribution < 1.29 is 45.0 Å². The number of nitrogens with zero attached hydrogens (tertiary/aromatic N) is 1. The molecule has 1 heterocycles. The molecule has 1 amide bonds. The lowest BCUT2D eigenvalue weighted by molar-refractivity contribution is -0.344. The molecule has 6 nitrogen and oxygen atoms in total. The van der Waals surface area contributed by atoms with Crippen LogP contribution in [0.3, 0.4) is 0 Å². The number of halogens is 7. The first-order chi connectivity index (χ1) is 13.6. The van der Waals surface area contributed by atoms with Crippen LogP contribution in [0.5, 0.6) is 11.5 Å². The van der Waals surface area contributed by atoms with Crippen molar-refractivity contribution in [1.29, 1.82) is 0 Å². The lowest BCUT2D eigenvalue weighted by atomic mass is 9.88. The molecule has 13 heteroatoms. The first-order valence-corrected chi connectivity index (χ1v) is 8.31. The number of methoxy groups -OCH3 is 2. The number of ether oxygens (including phenoxy) is 2. The van der Waals surface area contributed by atoms with Gasteiger partial charge in [0.25, 0.3) is 0 Å². The van der Waals surface area contributed by atoms with Gasteiger partial charge in [0.2, 0.25) is 0 Å². The third kappa shape index (κ3) is 4.10. The number of amidine groups is 1. The van der Waals surface area contributed by atoms with E-state index in [0.29, 0.717) is 17.7 Å². The summed E-state index contributed by atoms with van der Waals surface area (Å²) in [5.41, 5.74) is 3.13. The second-order valence-corrected chi connectivity index (χ2v) is 7.04. The van der Waals surface area contributed by atoms with Crippen LogP contribution < -0.4 is 20.3 Å². The summed E-state index contributed by atoms with van der Waals surface area (Å²) in [5, 5.41) is 0. The average molecular weight is 445 g/mol. The Morgan fingerprint density at radius 2 is 1.57 bits per heavy atom. The van der Waals surface area contributed by atoms with Crippen LogP contribution in [0.2, 0.25) is 0 Å². The van der Waals surface area contributed by atoms with E-state index < -0.39 is 29.5 Å². The van der Waals surface area contributed by atoms with Gasteiger partial charge in [0, 0.05) is 5.56 Å². The Balaban J connectivity index is 2.35. The topological polar surface area (TPSA) is 72.0 Å². The molecule has 0 aliphatic carbocycles. The second-order valence-electron chi connectivity index (χ2n) is 7.04. The van der Waals surface area contributed by atoms with Crippen molar-refractivity contribution in [2.75, 3.05) is 14.2 Å². The Labute approximate surface area is 166 Å². The van der Waals surface area contributed by atoms with E-state index in [1.165, 1.54) is 25.7 Å². The molecule has 0 saturated heterocycles. The van der Waals surface area contributed by atoms with Gasteiger partial charge in [-0.05, 0) is 38.0 Å². The normalized spacial score (nSPS) is 16.3. The molecule has 0 spiro atoms. The van der Waals surface area contributed by atoms with Gasteiger partial charge in [-0.1, -0.05) is 0 Å². The highest BCUT2D eigenvalue weighted by atomic mass is 19.4. The maximum Gasteiger partial charge on any atom is 0.460 e. The molecular weight excluding hydrogens is 427 g/mol. The number of hydrogen-bond acceptors (Lipinski definition) is 5. The summed E-state index contributed by atoms with van der Waals surface area (Å²) < 4.78 is 100. The molecule has 1 aromatic rings. The summed E-state index contributed by atoms with van der Waals surface area (Å²) in [6, 6.07) is 2.96. The summed E-state index contributed by atoms with van der Waals surface area (Å²) in [6.07, 6.45) is -6.28. The van der Waals surface area contributed by atoms with Gasteiger partial charge >= 0.3 is 23.9 Å². The molecule has 30 heavy (non-hydrogen) atoms. The monoisotopic (exact) mass is 445 g/mol. The summed E-state index contributed by atoms with van der Waals surface area (Å²) in [5.74, 6) is -15.2. The van der Waals surface area contributed by atoms with Crippen LogP contribution in [0.1, 0.15) is 25.0 Å². The Kier molecular flexibility index (Phi) is 5.89. The van der Waals surface area contributed by atoms with Crippen molar-refractivity contribution in [1.82, 2.24) is 10.9 Å². The predicted molar refractivity (Wildman–Crippen MR) is 91.1 cm³/mol. The molecular formula is C17H18F7N3O3.